The standard InChI is InChI=1S/C12H18N2O3/c15-10-12(11-13-4-1-5-14-11)2-6-16-8-9-17-7-3-12/h1,4-5,15H,2-3,6-10H2. The summed E-state index contributed by atoms with van der Waals surface area (Å²) in [6.45, 7) is 2.43. The lowest BCUT2D eigenvalue weighted by molar-refractivity contribution is 0.0584. The molecule has 1 aliphatic rings. The Labute approximate surface area is 101 Å². The summed E-state index contributed by atoms with van der Waals surface area (Å²) in [5.74, 6) is 0.677. The van der Waals surface area contributed by atoms with Gasteiger partial charge in [0, 0.05) is 25.6 Å². The van der Waals surface area contributed by atoms with Crippen molar-refractivity contribution < 1.29 is 14.6 Å². The molecule has 0 saturated carbocycles. The molecule has 5 heteroatoms. The van der Waals surface area contributed by atoms with E-state index < -0.39 is 5.41 Å². The van der Waals surface area contributed by atoms with Crippen molar-refractivity contribution in [3.63, 3.8) is 0 Å². The number of aromatic nitrogens is 2. The van der Waals surface area contributed by atoms with Gasteiger partial charge in [0.05, 0.1) is 25.2 Å². The Morgan fingerprint density at radius 3 is 2.18 bits per heavy atom. The van der Waals surface area contributed by atoms with E-state index in [1.807, 2.05) is 0 Å². The van der Waals surface area contributed by atoms with Crippen LogP contribution in [0.2, 0.25) is 0 Å². The second-order valence-electron chi connectivity index (χ2n) is 4.24. The molecule has 94 valence electrons. The fraction of sp³-hybridized carbons (Fsp3) is 0.667. The second-order valence-corrected chi connectivity index (χ2v) is 4.24. The van der Waals surface area contributed by atoms with Gasteiger partial charge in [0.1, 0.15) is 5.82 Å². The van der Waals surface area contributed by atoms with E-state index in [1.165, 1.54) is 0 Å². The van der Waals surface area contributed by atoms with Crippen molar-refractivity contribution in [3.05, 3.63) is 24.3 Å². The van der Waals surface area contributed by atoms with Gasteiger partial charge in [-0.25, -0.2) is 9.97 Å². The molecule has 1 fully saturated rings. The van der Waals surface area contributed by atoms with E-state index >= 15 is 0 Å². The molecule has 5 nitrogen and oxygen atoms in total. The van der Waals surface area contributed by atoms with E-state index in [4.69, 9.17) is 9.47 Å². The van der Waals surface area contributed by atoms with Crippen LogP contribution in [0.1, 0.15) is 18.7 Å². The maximum atomic E-state index is 9.71. The van der Waals surface area contributed by atoms with Gasteiger partial charge >= 0.3 is 0 Å². The largest absolute Gasteiger partial charge is 0.395 e. The Morgan fingerprint density at radius 1 is 1.06 bits per heavy atom. The molecular weight excluding hydrogens is 220 g/mol. The molecule has 0 bridgehead atoms. The molecule has 0 spiro atoms. The van der Waals surface area contributed by atoms with Crippen molar-refractivity contribution in [2.75, 3.05) is 33.0 Å². The lowest BCUT2D eigenvalue weighted by Gasteiger charge is -2.29. The summed E-state index contributed by atoms with van der Waals surface area (Å²) in [6.07, 6.45) is 4.84. The monoisotopic (exact) mass is 238 g/mol. The average molecular weight is 238 g/mol. The van der Waals surface area contributed by atoms with E-state index in [0.717, 1.165) is 12.8 Å². The summed E-state index contributed by atoms with van der Waals surface area (Å²) in [7, 11) is 0. The highest BCUT2D eigenvalue weighted by atomic mass is 16.5. The van der Waals surface area contributed by atoms with Gasteiger partial charge in [-0.1, -0.05) is 0 Å². The van der Waals surface area contributed by atoms with Crippen LogP contribution in [-0.4, -0.2) is 48.1 Å². The van der Waals surface area contributed by atoms with Crippen molar-refractivity contribution in [2.24, 2.45) is 0 Å². The fourth-order valence-corrected chi connectivity index (χ4v) is 2.01. The van der Waals surface area contributed by atoms with Crippen LogP contribution in [0.4, 0.5) is 0 Å². The summed E-state index contributed by atoms with van der Waals surface area (Å²) >= 11 is 0. The molecule has 0 amide bonds. The molecule has 2 rings (SSSR count). The lowest BCUT2D eigenvalue weighted by atomic mass is 9.81. The quantitative estimate of drug-likeness (QED) is 0.814. The third-order valence-electron chi connectivity index (χ3n) is 3.16. The van der Waals surface area contributed by atoms with E-state index in [-0.39, 0.29) is 6.61 Å². The Balaban J connectivity index is 2.20. The molecule has 1 aromatic rings. The molecule has 2 heterocycles. The highest BCUT2D eigenvalue weighted by Gasteiger charge is 2.34. The average Bonchev–Trinajstić information content (AvgIpc) is 2.52. The zero-order valence-corrected chi connectivity index (χ0v) is 9.84. The van der Waals surface area contributed by atoms with Gasteiger partial charge in [-0.2, -0.15) is 0 Å². The van der Waals surface area contributed by atoms with Gasteiger partial charge in [-0.3, -0.25) is 0 Å². The van der Waals surface area contributed by atoms with Crippen molar-refractivity contribution >= 4 is 0 Å². The molecule has 0 radical (unpaired) electrons. The Bertz CT molecular complexity index is 322. The minimum atomic E-state index is -0.439. The van der Waals surface area contributed by atoms with Gasteiger partial charge in [0.15, 0.2) is 0 Å². The molecule has 0 atom stereocenters. The summed E-state index contributed by atoms with van der Waals surface area (Å²) in [6, 6.07) is 1.77. The molecule has 0 unspecified atom stereocenters. The Hall–Kier alpha value is -1.04. The number of aliphatic hydroxyl groups is 1. The van der Waals surface area contributed by atoms with Crippen LogP contribution in [0, 0.1) is 0 Å². The minimum Gasteiger partial charge on any atom is -0.395 e. The van der Waals surface area contributed by atoms with Crippen LogP contribution in [0.5, 0.6) is 0 Å². The predicted molar refractivity (Wildman–Crippen MR) is 61.7 cm³/mol. The highest BCUT2D eigenvalue weighted by molar-refractivity contribution is 5.08. The zero-order valence-electron chi connectivity index (χ0n) is 9.84. The van der Waals surface area contributed by atoms with Crippen LogP contribution in [0.3, 0.4) is 0 Å². The van der Waals surface area contributed by atoms with Gasteiger partial charge in [-0.15, -0.1) is 0 Å². The molecule has 0 aromatic carbocycles. The van der Waals surface area contributed by atoms with Crippen molar-refractivity contribution in [1.82, 2.24) is 9.97 Å². The summed E-state index contributed by atoms with van der Waals surface area (Å²) in [4.78, 5) is 8.53. The minimum absolute atomic E-state index is 0.0176. The maximum absolute atomic E-state index is 9.71. The third kappa shape index (κ3) is 3.00. The Morgan fingerprint density at radius 2 is 1.65 bits per heavy atom. The first-order valence-corrected chi connectivity index (χ1v) is 5.91. The van der Waals surface area contributed by atoms with E-state index in [1.54, 1.807) is 18.5 Å². The van der Waals surface area contributed by atoms with Crippen LogP contribution in [-0.2, 0) is 14.9 Å². The number of hydrogen-bond acceptors (Lipinski definition) is 5. The van der Waals surface area contributed by atoms with Crippen LogP contribution in [0.25, 0.3) is 0 Å². The highest BCUT2D eigenvalue weighted by Crippen LogP contribution is 2.29. The van der Waals surface area contributed by atoms with Gasteiger partial charge in [0.25, 0.3) is 0 Å². The van der Waals surface area contributed by atoms with Crippen molar-refractivity contribution in [3.8, 4) is 0 Å². The van der Waals surface area contributed by atoms with Crippen LogP contribution < -0.4 is 0 Å². The first-order valence-electron chi connectivity index (χ1n) is 5.91. The van der Waals surface area contributed by atoms with Crippen molar-refractivity contribution in [1.29, 1.82) is 0 Å². The van der Waals surface area contributed by atoms with E-state index in [0.29, 0.717) is 32.3 Å². The topological polar surface area (TPSA) is 64.5 Å². The van der Waals surface area contributed by atoms with Crippen LogP contribution in [0.15, 0.2) is 18.5 Å². The van der Waals surface area contributed by atoms with E-state index in [2.05, 4.69) is 9.97 Å². The first-order chi connectivity index (χ1) is 8.37. The molecule has 1 aliphatic heterocycles. The molecular formula is C12H18N2O3. The number of ether oxygens (including phenoxy) is 2. The summed E-state index contributed by atoms with van der Waals surface area (Å²) < 4.78 is 10.9. The molecule has 17 heavy (non-hydrogen) atoms. The second kappa shape index (κ2) is 6.05. The third-order valence-corrected chi connectivity index (χ3v) is 3.16. The van der Waals surface area contributed by atoms with Gasteiger partial charge in [0.2, 0.25) is 0 Å². The molecule has 1 saturated heterocycles. The lowest BCUT2D eigenvalue weighted by Crippen LogP contribution is -2.35. The number of hydrogen-bond donors (Lipinski definition) is 1. The van der Waals surface area contributed by atoms with Crippen molar-refractivity contribution in [2.45, 2.75) is 18.3 Å². The number of rotatable bonds is 2. The van der Waals surface area contributed by atoms with Gasteiger partial charge in [-0.05, 0) is 18.9 Å². The molecule has 1 aromatic heterocycles. The number of aliphatic hydroxyl groups excluding tert-OH is 1. The van der Waals surface area contributed by atoms with Gasteiger partial charge < -0.3 is 14.6 Å². The predicted octanol–water partition coefficient (Wildman–Crippen LogP) is 0.534. The number of nitrogens with zero attached hydrogens (tertiary/aromatic N) is 2. The smallest absolute Gasteiger partial charge is 0.136 e. The molecule has 1 N–H and O–H groups in total. The Kier molecular flexibility index (Phi) is 4.42. The SMILES string of the molecule is OCC1(c2ncccn2)CCOCCOCC1. The summed E-state index contributed by atoms with van der Waals surface area (Å²) in [5, 5.41) is 9.71. The zero-order chi connectivity index (χ0) is 12.0. The first kappa shape index (κ1) is 12.4. The summed E-state index contributed by atoms with van der Waals surface area (Å²) in [5.41, 5.74) is -0.439. The van der Waals surface area contributed by atoms with E-state index in [9.17, 15) is 5.11 Å². The normalized spacial score (nSPS) is 21.2. The molecule has 0 aliphatic carbocycles. The fourth-order valence-electron chi connectivity index (χ4n) is 2.01. The maximum Gasteiger partial charge on any atom is 0.136 e. The van der Waals surface area contributed by atoms with Crippen LogP contribution >= 0.6 is 0 Å².